The molecule has 3 heteroatoms. The molecule has 1 aliphatic heterocycles. The monoisotopic (exact) mass is 173 g/mol. The summed E-state index contributed by atoms with van der Waals surface area (Å²) in [7, 11) is 0. The summed E-state index contributed by atoms with van der Waals surface area (Å²) in [5.74, 6) is 0. The fraction of sp³-hybridized carbons (Fsp3) is 1.00. The zero-order valence-electron chi connectivity index (χ0n) is 7.92. The summed E-state index contributed by atoms with van der Waals surface area (Å²) in [6.07, 6.45) is 2.40. The lowest BCUT2D eigenvalue weighted by Crippen LogP contribution is -2.40. The van der Waals surface area contributed by atoms with Crippen LogP contribution in [0.3, 0.4) is 0 Å². The van der Waals surface area contributed by atoms with Gasteiger partial charge in [-0.05, 0) is 26.7 Å². The topological polar surface area (TPSA) is 41.5 Å². The van der Waals surface area contributed by atoms with Gasteiger partial charge in [0, 0.05) is 19.2 Å². The number of aliphatic hydroxyl groups excluding tert-OH is 1. The maximum absolute atomic E-state index is 9.04. The first kappa shape index (κ1) is 9.96. The second-order valence-electron chi connectivity index (χ2n) is 3.60. The van der Waals surface area contributed by atoms with E-state index in [0.717, 1.165) is 13.0 Å². The van der Waals surface area contributed by atoms with Gasteiger partial charge in [0.15, 0.2) is 0 Å². The van der Waals surface area contributed by atoms with Gasteiger partial charge in [-0.25, -0.2) is 0 Å². The molecule has 0 aliphatic carbocycles. The number of hydrogen-bond acceptors (Lipinski definition) is 3. The SMILES string of the molecule is CC(NC[C@@H](C)O)C1CCCO1. The molecule has 0 aromatic rings. The van der Waals surface area contributed by atoms with Crippen LogP contribution in [0.15, 0.2) is 0 Å². The van der Waals surface area contributed by atoms with Gasteiger partial charge >= 0.3 is 0 Å². The highest BCUT2D eigenvalue weighted by Crippen LogP contribution is 2.15. The molecule has 0 amide bonds. The summed E-state index contributed by atoms with van der Waals surface area (Å²) >= 11 is 0. The first-order valence-electron chi connectivity index (χ1n) is 4.73. The third-order valence-electron chi connectivity index (χ3n) is 2.26. The summed E-state index contributed by atoms with van der Waals surface area (Å²) in [5, 5.41) is 12.3. The highest BCUT2D eigenvalue weighted by Gasteiger charge is 2.21. The van der Waals surface area contributed by atoms with E-state index in [4.69, 9.17) is 9.84 Å². The lowest BCUT2D eigenvalue weighted by Gasteiger charge is -2.20. The Balaban J connectivity index is 2.13. The molecule has 72 valence electrons. The fourth-order valence-electron chi connectivity index (χ4n) is 1.48. The lowest BCUT2D eigenvalue weighted by atomic mass is 10.1. The molecule has 0 bridgehead atoms. The summed E-state index contributed by atoms with van der Waals surface area (Å²) in [6.45, 7) is 5.44. The molecule has 0 aromatic carbocycles. The molecular weight excluding hydrogens is 154 g/mol. The quantitative estimate of drug-likeness (QED) is 0.651. The van der Waals surface area contributed by atoms with Gasteiger partial charge in [-0.2, -0.15) is 0 Å². The van der Waals surface area contributed by atoms with Gasteiger partial charge < -0.3 is 15.2 Å². The molecule has 1 rings (SSSR count). The maximum Gasteiger partial charge on any atom is 0.0726 e. The second kappa shape index (κ2) is 4.80. The zero-order chi connectivity index (χ0) is 8.97. The van der Waals surface area contributed by atoms with Crippen molar-refractivity contribution in [3.05, 3.63) is 0 Å². The molecule has 2 unspecified atom stereocenters. The minimum Gasteiger partial charge on any atom is -0.392 e. The molecule has 1 saturated heterocycles. The number of hydrogen-bond donors (Lipinski definition) is 2. The van der Waals surface area contributed by atoms with Crippen LogP contribution in [0.2, 0.25) is 0 Å². The molecule has 3 atom stereocenters. The van der Waals surface area contributed by atoms with Crippen molar-refractivity contribution in [3.8, 4) is 0 Å². The number of rotatable bonds is 4. The zero-order valence-corrected chi connectivity index (χ0v) is 7.92. The van der Waals surface area contributed by atoms with E-state index < -0.39 is 0 Å². The van der Waals surface area contributed by atoms with E-state index in [1.54, 1.807) is 6.92 Å². The van der Waals surface area contributed by atoms with Crippen LogP contribution in [0.25, 0.3) is 0 Å². The minimum atomic E-state index is -0.270. The Morgan fingerprint density at radius 3 is 2.83 bits per heavy atom. The van der Waals surface area contributed by atoms with E-state index in [1.807, 2.05) is 0 Å². The number of aliphatic hydroxyl groups is 1. The standard InChI is InChI=1S/C9H19NO2/c1-7(11)6-10-8(2)9-4-3-5-12-9/h7-11H,3-6H2,1-2H3/t7-,8?,9?/m1/s1. The van der Waals surface area contributed by atoms with Gasteiger partial charge in [0.05, 0.1) is 12.2 Å². The largest absolute Gasteiger partial charge is 0.392 e. The molecular formula is C9H19NO2. The minimum absolute atomic E-state index is 0.270. The van der Waals surface area contributed by atoms with Gasteiger partial charge in [0.1, 0.15) is 0 Å². The predicted molar refractivity (Wildman–Crippen MR) is 48.1 cm³/mol. The molecule has 0 spiro atoms. The second-order valence-corrected chi connectivity index (χ2v) is 3.60. The van der Waals surface area contributed by atoms with E-state index in [2.05, 4.69) is 12.2 Å². The normalized spacial score (nSPS) is 28.8. The molecule has 0 saturated carbocycles. The summed E-state index contributed by atoms with van der Waals surface area (Å²) < 4.78 is 5.50. The van der Waals surface area contributed by atoms with Crippen molar-refractivity contribution in [2.45, 2.75) is 44.9 Å². The van der Waals surface area contributed by atoms with E-state index in [1.165, 1.54) is 6.42 Å². The average molecular weight is 173 g/mol. The third-order valence-corrected chi connectivity index (χ3v) is 2.26. The van der Waals surface area contributed by atoms with Gasteiger partial charge in [-0.3, -0.25) is 0 Å². The van der Waals surface area contributed by atoms with Gasteiger partial charge in [-0.1, -0.05) is 0 Å². The van der Waals surface area contributed by atoms with Crippen molar-refractivity contribution in [3.63, 3.8) is 0 Å². The first-order chi connectivity index (χ1) is 5.70. The van der Waals surface area contributed by atoms with Crippen LogP contribution >= 0.6 is 0 Å². The third kappa shape index (κ3) is 3.09. The summed E-state index contributed by atoms with van der Waals surface area (Å²) in [5.41, 5.74) is 0. The summed E-state index contributed by atoms with van der Waals surface area (Å²) in [6, 6.07) is 0.363. The van der Waals surface area contributed by atoms with Crippen LogP contribution in [0.1, 0.15) is 26.7 Å². The highest BCUT2D eigenvalue weighted by molar-refractivity contribution is 4.76. The highest BCUT2D eigenvalue weighted by atomic mass is 16.5. The van der Waals surface area contributed by atoms with Crippen molar-refractivity contribution >= 4 is 0 Å². The number of nitrogens with one attached hydrogen (secondary N) is 1. The van der Waals surface area contributed by atoms with Crippen molar-refractivity contribution in [2.75, 3.05) is 13.2 Å². The van der Waals surface area contributed by atoms with Crippen LogP contribution in [0.5, 0.6) is 0 Å². The Kier molecular flexibility index (Phi) is 3.98. The van der Waals surface area contributed by atoms with Crippen molar-refractivity contribution in [2.24, 2.45) is 0 Å². The van der Waals surface area contributed by atoms with Gasteiger partial charge in [-0.15, -0.1) is 0 Å². The molecule has 12 heavy (non-hydrogen) atoms. The van der Waals surface area contributed by atoms with Crippen LogP contribution < -0.4 is 5.32 Å². The van der Waals surface area contributed by atoms with E-state index >= 15 is 0 Å². The van der Waals surface area contributed by atoms with E-state index in [-0.39, 0.29) is 6.10 Å². The van der Waals surface area contributed by atoms with Gasteiger partial charge in [0.25, 0.3) is 0 Å². The van der Waals surface area contributed by atoms with Crippen LogP contribution in [0, 0.1) is 0 Å². The first-order valence-corrected chi connectivity index (χ1v) is 4.73. The predicted octanol–water partition coefficient (Wildman–Crippen LogP) is 0.524. The van der Waals surface area contributed by atoms with Crippen LogP contribution in [-0.2, 0) is 4.74 Å². The molecule has 1 aliphatic rings. The average Bonchev–Trinajstić information content (AvgIpc) is 2.51. The van der Waals surface area contributed by atoms with Crippen molar-refractivity contribution in [1.29, 1.82) is 0 Å². The smallest absolute Gasteiger partial charge is 0.0726 e. The van der Waals surface area contributed by atoms with Crippen molar-refractivity contribution < 1.29 is 9.84 Å². The lowest BCUT2D eigenvalue weighted by molar-refractivity contribution is 0.0780. The van der Waals surface area contributed by atoms with Gasteiger partial charge in [0.2, 0.25) is 0 Å². The summed E-state index contributed by atoms with van der Waals surface area (Å²) in [4.78, 5) is 0. The molecule has 3 nitrogen and oxygen atoms in total. The Labute approximate surface area is 74.1 Å². The van der Waals surface area contributed by atoms with Crippen molar-refractivity contribution in [1.82, 2.24) is 5.32 Å². The number of ether oxygens (including phenoxy) is 1. The molecule has 1 fully saturated rings. The Morgan fingerprint density at radius 1 is 1.58 bits per heavy atom. The Morgan fingerprint density at radius 2 is 2.33 bits per heavy atom. The Bertz CT molecular complexity index is 122. The Hall–Kier alpha value is -0.120. The van der Waals surface area contributed by atoms with E-state index in [9.17, 15) is 0 Å². The van der Waals surface area contributed by atoms with Crippen LogP contribution in [0.4, 0.5) is 0 Å². The molecule has 0 aromatic heterocycles. The fourth-order valence-corrected chi connectivity index (χ4v) is 1.48. The molecule has 0 radical (unpaired) electrons. The molecule has 1 heterocycles. The molecule has 2 N–H and O–H groups in total. The van der Waals surface area contributed by atoms with Crippen LogP contribution in [-0.4, -0.2) is 36.5 Å². The van der Waals surface area contributed by atoms with E-state index in [0.29, 0.717) is 18.7 Å². The maximum atomic E-state index is 9.04.